The third-order valence-electron chi connectivity index (χ3n) is 3.98. The zero-order valence-electron chi connectivity index (χ0n) is 12.5. The van der Waals surface area contributed by atoms with Crippen LogP contribution in [0.1, 0.15) is 16.8 Å². The van der Waals surface area contributed by atoms with Gasteiger partial charge in [0.1, 0.15) is 12.6 Å². The lowest BCUT2D eigenvalue weighted by molar-refractivity contribution is -0.125. The molecule has 2 aliphatic rings. The molecule has 1 aromatic carbocycles. The Morgan fingerprint density at radius 1 is 1.48 bits per heavy atom. The van der Waals surface area contributed by atoms with Gasteiger partial charge in [0.2, 0.25) is 11.8 Å². The van der Waals surface area contributed by atoms with Gasteiger partial charge in [0.15, 0.2) is 0 Å². The molecule has 0 aliphatic carbocycles. The average Bonchev–Trinajstić information content (AvgIpc) is 2.87. The molecule has 1 aromatic rings. The number of methoxy groups -OCH3 is 1. The van der Waals surface area contributed by atoms with Gasteiger partial charge in [0.25, 0.3) is 5.91 Å². The van der Waals surface area contributed by atoms with Crippen LogP contribution in [0, 0.1) is 0 Å². The predicted octanol–water partition coefficient (Wildman–Crippen LogP) is 0.638. The summed E-state index contributed by atoms with van der Waals surface area (Å²) in [6, 6.07) is 3.89. The number of carbonyl (C=O) groups excluding carboxylic acids is 3. The molecule has 2 atom stereocenters. The van der Waals surface area contributed by atoms with Crippen LogP contribution in [0.2, 0.25) is 5.02 Å². The lowest BCUT2D eigenvalue weighted by atomic mass is 10.1. The largest absolute Gasteiger partial charge is 0.375 e. The van der Waals surface area contributed by atoms with E-state index >= 15 is 0 Å². The van der Waals surface area contributed by atoms with Crippen LogP contribution in [-0.2, 0) is 14.3 Å². The number of halogens is 1. The predicted molar refractivity (Wildman–Crippen MR) is 83.3 cm³/mol. The summed E-state index contributed by atoms with van der Waals surface area (Å²) < 4.78 is 4.77. The van der Waals surface area contributed by atoms with Crippen molar-refractivity contribution in [3.63, 3.8) is 0 Å². The number of anilines is 1. The molecule has 0 radical (unpaired) electrons. The van der Waals surface area contributed by atoms with Gasteiger partial charge in [-0.25, -0.2) is 0 Å². The van der Waals surface area contributed by atoms with Crippen molar-refractivity contribution in [3.8, 4) is 0 Å². The van der Waals surface area contributed by atoms with Crippen molar-refractivity contribution < 1.29 is 19.1 Å². The van der Waals surface area contributed by atoms with E-state index in [0.29, 0.717) is 22.7 Å². The third kappa shape index (κ3) is 3.02. The summed E-state index contributed by atoms with van der Waals surface area (Å²) in [6.45, 7) is 0.233. The number of hydrogen-bond donors (Lipinski definition) is 2. The van der Waals surface area contributed by atoms with Gasteiger partial charge in [0, 0.05) is 24.7 Å². The number of nitrogens with zero attached hydrogens (tertiary/aromatic N) is 1. The molecule has 0 aromatic heterocycles. The van der Waals surface area contributed by atoms with Crippen LogP contribution >= 0.6 is 11.6 Å². The molecule has 1 saturated heterocycles. The summed E-state index contributed by atoms with van der Waals surface area (Å²) in [4.78, 5) is 38.2. The second kappa shape index (κ2) is 6.17. The number of rotatable bonds is 3. The van der Waals surface area contributed by atoms with E-state index in [4.69, 9.17) is 16.3 Å². The monoisotopic (exact) mass is 337 g/mol. The highest BCUT2D eigenvalue weighted by atomic mass is 35.5. The first kappa shape index (κ1) is 15.8. The number of fused-ring (bicyclic) bond motifs is 2. The van der Waals surface area contributed by atoms with Crippen molar-refractivity contribution >= 4 is 35.0 Å². The van der Waals surface area contributed by atoms with Crippen molar-refractivity contribution in [2.24, 2.45) is 0 Å². The summed E-state index contributed by atoms with van der Waals surface area (Å²) >= 11 is 5.92. The van der Waals surface area contributed by atoms with E-state index in [1.165, 1.54) is 12.0 Å². The van der Waals surface area contributed by atoms with Gasteiger partial charge in [0.05, 0.1) is 11.3 Å². The number of hydrogen-bond acceptors (Lipinski definition) is 4. The highest BCUT2D eigenvalue weighted by Crippen LogP contribution is 2.30. The van der Waals surface area contributed by atoms with Crippen LogP contribution in [0.5, 0.6) is 0 Å². The van der Waals surface area contributed by atoms with Gasteiger partial charge < -0.3 is 20.3 Å². The van der Waals surface area contributed by atoms with Crippen LogP contribution in [0.4, 0.5) is 5.69 Å². The third-order valence-corrected chi connectivity index (χ3v) is 4.21. The van der Waals surface area contributed by atoms with Gasteiger partial charge in [-0.15, -0.1) is 0 Å². The second-order valence-corrected chi connectivity index (χ2v) is 6.02. The molecule has 122 valence electrons. The molecule has 2 aliphatic heterocycles. The molecule has 8 heteroatoms. The van der Waals surface area contributed by atoms with E-state index in [9.17, 15) is 14.4 Å². The van der Waals surface area contributed by atoms with E-state index in [2.05, 4.69) is 10.6 Å². The lowest BCUT2D eigenvalue weighted by Gasteiger charge is -2.20. The maximum Gasteiger partial charge on any atom is 0.256 e. The fourth-order valence-corrected chi connectivity index (χ4v) is 3.16. The molecule has 3 rings (SSSR count). The standard InChI is InChI=1S/C15H16ClN3O4/c1-23-7-13(20)17-9-5-12-14(21)18-11-4-8(16)2-3-10(11)15(22)19(12)6-9/h2-4,9,12H,5-7H2,1H3,(H,17,20)(H,18,21)/t9-,12-/m1/s1. The lowest BCUT2D eigenvalue weighted by Crippen LogP contribution is -2.41. The maximum absolute atomic E-state index is 12.7. The smallest absolute Gasteiger partial charge is 0.256 e. The van der Waals surface area contributed by atoms with Crippen LogP contribution in [-0.4, -0.2) is 55.0 Å². The number of benzene rings is 1. The number of amides is 3. The molecule has 0 bridgehead atoms. The number of ether oxygens (including phenoxy) is 1. The van der Waals surface area contributed by atoms with Crippen LogP contribution < -0.4 is 10.6 Å². The van der Waals surface area contributed by atoms with Gasteiger partial charge in [-0.3, -0.25) is 14.4 Å². The fourth-order valence-electron chi connectivity index (χ4n) is 2.99. The molecule has 23 heavy (non-hydrogen) atoms. The molecule has 1 fully saturated rings. The Labute approximate surface area is 137 Å². The first-order chi connectivity index (χ1) is 11.0. The minimum Gasteiger partial charge on any atom is -0.375 e. The van der Waals surface area contributed by atoms with Crippen molar-refractivity contribution in [3.05, 3.63) is 28.8 Å². The topological polar surface area (TPSA) is 87.7 Å². The molecule has 0 unspecified atom stereocenters. The Morgan fingerprint density at radius 3 is 3.00 bits per heavy atom. The van der Waals surface area contributed by atoms with Gasteiger partial charge in [-0.05, 0) is 24.6 Å². The quantitative estimate of drug-likeness (QED) is 0.847. The average molecular weight is 338 g/mol. The maximum atomic E-state index is 12.7. The van der Waals surface area contributed by atoms with E-state index in [0.717, 1.165) is 0 Å². The second-order valence-electron chi connectivity index (χ2n) is 5.59. The minimum absolute atomic E-state index is 0.0529. The molecular weight excluding hydrogens is 322 g/mol. The minimum atomic E-state index is -0.610. The van der Waals surface area contributed by atoms with Crippen LogP contribution in [0.15, 0.2) is 18.2 Å². The van der Waals surface area contributed by atoms with Gasteiger partial charge in [-0.2, -0.15) is 0 Å². The molecule has 2 heterocycles. The molecule has 0 saturated carbocycles. The highest BCUT2D eigenvalue weighted by molar-refractivity contribution is 6.31. The Morgan fingerprint density at radius 2 is 2.26 bits per heavy atom. The zero-order valence-corrected chi connectivity index (χ0v) is 13.2. The van der Waals surface area contributed by atoms with Crippen molar-refractivity contribution in [1.82, 2.24) is 10.2 Å². The first-order valence-electron chi connectivity index (χ1n) is 7.19. The van der Waals surface area contributed by atoms with Crippen molar-refractivity contribution in [1.29, 1.82) is 0 Å². The normalized spacial score (nSPS) is 23.0. The van der Waals surface area contributed by atoms with Crippen molar-refractivity contribution in [2.75, 3.05) is 25.6 Å². The Kier molecular flexibility index (Phi) is 4.23. The molecule has 3 amide bonds. The highest BCUT2D eigenvalue weighted by Gasteiger charge is 2.43. The molecule has 2 N–H and O–H groups in total. The van der Waals surface area contributed by atoms with E-state index in [1.54, 1.807) is 18.2 Å². The SMILES string of the molecule is COCC(=O)N[C@@H]1C[C@@H]2C(=O)Nc3cc(Cl)ccc3C(=O)N2C1. The number of nitrogens with one attached hydrogen (secondary N) is 2. The summed E-state index contributed by atoms with van der Waals surface area (Å²) in [5.74, 6) is -0.790. The first-order valence-corrected chi connectivity index (χ1v) is 7.57. The van der Waals surface area contributed by atoms with Gasteiger partial charge in [-0.1, -0.05) is 11.6 Å². The van der Waals surface area contributed by atoms with Gasteiger partial charge >= 0.3 is 0 Å². The molecular formula is C15H16ClN3O4. The summed E-state index contributed by atoms with van der Waals surface area (Å²) in [7, 11) is 1.43. The van der Waals surface area contributed by atoms with Crippen LogP contribution in [0.3, 0.4) is 0 Å². The zero-order chi connectivity index (χ0) is 16.6. The molecule has 7 nitrogen and oxygen atoms in total. The Balaban J connectivity index is 1.82. The molecule has 0 spiro atoms. The number of carbonyl (C=O) groups is 3. The fraction of sp³-hybridized carbons (Fsp3) is 0.400. The summed E-state index contributed by atoms with van der Waals surface area (Å²) in [5.41, 5.74) is 0.816. The summed E-state index contributed by atoms with van der Waals surface area (Å²) in [5, 5.41) is 5.96. The Hall–Kier alpha value is -2.12. The Bertz CT molecular complexity index is 679. The summed E-state index contributed by atoms with van der Waals surface area (Å²) in [6.07, 6.45) is 0.370. The van der Waals surface area contributed by atoms with Crippen LogP contribution in [0.25, 0.3) is 0 Å². The van der Waals surface area contributed by atoms with E-state index in [-0.39, 0.29) is 36.9 Å². The van der Waals surface area contributed by atoms with E-state index < -0.39 is 6.04 Å². The van der Waals surface area contributed by atoms with Crippen molar-refractivity contribution in [2.45, 2.75) is 18.5 Å². The van der Waals surface area contributed by atoms with E-state index in [1.807, 2.05) is 0 Å².